The highest BCUT2D eigenvalue weighted by Crippen LogP contribution is 2.53. The zero-order valence-electron chi connectivity index (χ0n) is 19.4. The lowest BCUT2D eigenvalue weighted by molar-refractivity contribution is 0.123. The van der Waals surface area contributed by atoms with Crippen molar-refractivity contribution in [2.45, 2.75) is 75.7 Å². The topological polar surface area (TPSA) is 40.6 Å². The molecule has 1 aromatic carbocycles. The molecule has 2 bridgehead atoms. The van der Waals surface area contributed by atoms with E-state index in [1.807, 2.05) is 0 Å². The number of nitrogens with zero attached hydrogens (tertiary/aromatic N) is 2. The molecule has 3 aliphatic carbocycles. The van der Waals surface area contributed by atoms with Gasteiger partial charge in [0.2, 0.25) is 10.0 Å². The fourth-order valence-electron chi connectivity index (χ4n) is 7.52. The number of hydrogen-bond donors (Lipinski definition) is 0. The Morgan fingerprint density at radius 1 is 1.03 bits per heavy atom. The Hall–Kier alpha value is -0.910. The monoisotopic (exact) mass is 444 g/mol. The highest BCUT2D eigenvalue weighted by molar-refractivity contribution is 7.88. The summed E-state index contributed by atoms with van der Waals surface area (Å²) in [5.74, 6) is 2.91. The van der Waals surface area contributed by atoms with Crippen LogP contribution in [0.5, 0.6) is 0 Å². The van der Waals surface area contributed by atoms with Gasteiger partial charge in [0.15, 0.2) is 0 Å². The van der Waals surface area contributed by atoms with Crippen LogP contribution in [-0.2, 0) is 15.4 Å². The van der Waals surface area contributed by atoms with E-state index in [-0.39, 0.29) is 11.5 Å². The second-order valence-electron chi connectivity index (χ2n) is 11.2. The average molecular weight is 445 g/mol. The molecule has 1 spiro atoms. The molecule has 4 atom stereocenters. The first kappa shape index (κ1) is 21.9. The Bertz CT molecular complexity index is 890. The van der Waals surface area contributed by atoms with Gasteiger partial charge >= 0.3 is 0 Å². The number of hydrogen-bond acceptors (Lipinski definition) is 3. The SMILES string of the molecule is CN([C@H]1CC2(CCN(C[C@H]3CC[C@H]4CCC[C@@H](C4)C3)CC2)c2ccccc21)S(C)(=O)=O. The van der Waals surface area contributed by atoms with Crippen molar-refractivity contribution in [3.8, 4) is 0 Å². The van der Waals surface area contributed by atoms with Gasteiger partial charge in [-0.2, -0.15) is 4.31 Å². The molecule has 0 radical (unpaired) electrons. The smallest absolute Gasteiger partial charge is 0.211 e. The minimum atomic E-state index is -3.20. The summed E-state index contributed by atoms with van der Waals surface area (Å²) >= 11 is 0. The van der Waals surface area contributed by atoms with Crippen molar-refractivity contribution in [2.24, 2.45) is 17.8 Å². The van der Waals surface area contributed by atoms with Gasteiger partial charge in [0, 0.05) is 13.6 Å². The number of fused-ring (bicyclic) bond motifs is 4. The van der Waals surface area contributed by atoms with E-state index in [0.29, 0.717) is 0 Å². The minimum Gasteiger partial charge on any atom is -0.303 e. The fraction of sp³-hybridized carbons (Fsp3) is 0.769. The third-order valence-corrected chi connectivity index (χ3v) is 10.6. The minimum absolute atomic E-state index is 0.0149. The highest BCUT2D eigenvalue weighted by atomic mass is 32.2. The fourth-order valence-corrected chi connectivity index (χ4v) is 8.17. The van der Waals surface area contributed by atoms with Crippen molar-refractivity contribution in [3.05, 3.63) is 35.4 Å². The van der Waals surface area contributed by atoms with Crippen molar-refractivity contribution in [1.29, 1.82) is 0 Å². The second-order valence-corrected chi connectivity index (χ2v) is 13.3. The van der Waals surface area contributed by atoms with Crippen LogP contribution >= 0.6 is 0 Å². The molecule has 0 amide bonds. The maximum Gasteiger partial charge on any atom is 0.211 e. The molecule has 31 heavy (non-hydrogen) atoms. The Morgan fingerprint density at radius 3 is 2.55 bits per heavy atom. The Morgan fingerprint density at radius 2 is 1.77 bits per heavy atom. The zero-order chi connectivity index (χ0) is 21.6. The molecule has 5 rings (SSSR count). The van der Waals surface area contributed by atoms with Gasteiger partial charge in [-0.05, 0) is 85.9 Å². The number of sulfonamides is 1. The normalized spacial score (nSPS) is 33.4. The molecule has 1 aromatic rings. The van der Waals surface area contributed by atoms with Crippen LogP contribution in [-0.4, -0.2) is 50.6 Å². The average Bonchev–Trinajstić information content (AvgIpc) is 2.99. The summed E-state index contributed by atoms with van der Waals surface area (Å²) in [5, 5.41) is 0. The van der Waals surface area contributed by atoms with E-state index in [1.165, 1.54) is 68.9 Å². The first-order valence-electron chi connectivity index (χ1n) is 12.6. The lowest BCUT2D eigenvalue weighted by Crippen LogP contribution is -2.44. The molecule has 2 saturated carbocycles. The quantitative estimate of drug-likeness (QED) is 0.659. The van der Waals surface area contributed by atoms with Gasteiger partial charge in [0.25, 0.3) is 0 Å². The Balaban J connectivity index is 1.26. The predicted octanol–water partition coefficient (Wildman–Crippen LogP) is 4.96. The van der Waals surface area contributed by atoms with Gasteiger partial charge in [-0.3, -0.25) is 0 Å². The Kier molecular flexibility index (Phi) is 5.98. The van der Waals surface area contributed by atoms with Gasteiger partial charge in [-0.25, -0.2) is 8.42 Å². The van der Waals surface area contributed by atoms with E-state index in [0.717, 1.165) is 50.1 Å². The van der Waals surface area contributed by atoms with Crippen molar-refractivity contribution >= 4 is 10.0 Å². The first-order chi connectivity index (χ1) is 14.8. The van der Waals surface area contributed by atoms with E-state index < -0.39 is 10.0 Å². The molecule has 4 aliphatic rings. The van der Waals surface area contributed by atoms with E-state index in [4.69, 9.17) is 0 Å². The zero-order valence-corrected chi connectivity index (χ0v) is 20.2. The van der Waals surface area contributed by atoms with Gasteiger partial charge < -0.3 is 4.90 Å². The van der Waals surface area contributed by atoms with Gasteiger partial charge in [-0.1, -0.05) is 49.9 Å². The number of piperidine rings is 1. The third kappa shape index (κ3) is 4.35. The maximum absolute atomic E-state index is 12.3. The molecule has 1 saturated heterocycles. The molecule has 1 aliphatic heterocycles. The van der Waals surface area contributed by atoms with Crippen LogP contribution in [0.25, 0.3) is 0 Å². The molecule has 172 valence electrons. The summed E-state index contributed by atoms with van der Waals surface area (Å²) in [6, 6.07) is 8.62. The Labute approximate surface area is 189 Å². The number of benzene rings is 1. The first-order valence-corrected chi connectivity index (χ1v) is 14.4. The van der Waals surface area contributed by atoms with E-state index in [9.17, 15) is 8.42 Å². The largest absolute Gasteiger partial charge is 0.303 e. The molecule has 0 unspecified atom stereocenters. The molecular weight excluding hydrogens is 404 g/mol. The predicted molar refractivity (Wildman–Crippen MR) is 127 cm³/mol. The molecule has 0 aromatic heterocycles. The summed E-state index contributed by atoms with van der Waals surface area (Å²) in [7, 11) is -1.44. The van der Waals surface area contributed by atoms with E-state index >= 15 is 0 Å². The summed E-state index contributed by atoms with van der Waals surface area (Å²) in [6.07, 6.45) is 14.9. The summed E-state index contributed by atoms with van der Waals surface area (Å²) < 4.78 is 26.2. The van der Waals surface area contributed by atoms with Crippen LogP contribution < -0.4 is 0 Å². The summed E-state index contributed by atoms with van der Waals surface area (Å²) in [6.45, 7) is 3.61. The van der Waals surface area contributed by atoms with Gasteiger partial charge in [-0.15, -0.1) is 0 Å². The van der Waals surface area contributed by atoms with Crippen LogP contribution in [0.3, 0.4) is 0 Å². The molecule has 0 N–H and O–H groups in total. The van der Waals surface area contributed by atoms with Crippen LogP contribution in [0.1, 0.15) is 81.4 Å². The van der Waals surface area contributed by atoms with Crippen molar-refractivity contribution in [1.82, 2.24) is 9.21 Å². The lowest BCUT2D eigenvalue weighted by Gasteiger charge is -2.42. The highest BCUT2D eigenvalue weighted by Gasteiger charge is 2.47. The molecule has 3 fully saturated rings. The van der Waals surface area contributed by atoms with E-state index in [1.54, 1.807) is 11.4 Å². The van der Waals surface area contributed by atoms with Gasteiger partial charge in [0.05, 0.1) is 12.3 Å². The van der Waals surface area contributed by atoms with Crippen LogP contribution in [0.15, 0.2) is 24.3 Å². The second kappa shape index (κ2) is 8.46. The lowest BCUT2D eigenvalue weighted by atomic mass is 9.73. The van der Waals surface area contributed by atoms with Crippen LogP contribution in [0, 0.1) is 17.8 Å². The molecular formula is C26H40N2O2S. The molecule has 4 nitrogen and oxygen atoms in total. The van der Waals surface area contributed by atoms with Crippen LogP contribution in [0.2, 0.25) is 0 Å². The molecule has 5 heteroatoms. The standard InChI is InChI=1S/C26H40N2O2S/c1-27(31(2,29)30)25-18-26(24-9-4-3-8-23(24)25)12-14-28(15-13-26)19-22-11-10-20-6-5-7-21(16-20)17-22/h3-4,8-9,20-22,25H,5-7,10-19H2,1-2H3/t20-,21+,22+,25+/m1/s1. The number of likely N-dealkylation sites (tertiary alicyclic amines) is 1. The van der Waals surface area contributed by atoms with E-state index in [2.05, 4.69) is 29.2 Å². The summed E-state index contributed by atoms with van der Waals surface area (Å²) in [4.78, 5) is 2.74. The third-order valence-electron chi connectivity index (χ3n) is 9.31. The van der Waals surface area contributed by atoms with Crippen molar-refractivity contribution in [3.63, 3.8) is 0 Å². The van der Waals surface area contributed by atoms with Crippen LogP contribution in [0.4, 0.5) is 0 Å². The van der Waals surface area contributed by atoms with Crippen molar-refractivity contribution in [2.75, 3.05) is 32.9 Å². The maximum atomic E-state index is 12.3. The summed E-state index contributed by atoms with van der Waals surface area (Å²) in [5.41, 5.74) is 2.80. The van der Waals surface area contributed by atoms with Crippen molar-refractivity contribution < 1.29 is 8.42 Å². The van der Waals surface area contributed by atoms with Gasteiger partial charge in [0.1, 0.15) is 0 Å². The molecule has 1 heterocycles. The number of rotatable bonds is 4.